The van der Waals surface area contributed by atoms with Gasteiger partial charge in [-0.25, -0.2) is 9.37 Å². The van der Waals surface area contributed by atoms with Crippen molar-refractivity contribution >= 4 is 34.0 Å². The van der Waals surface area contributed by atoms with Gasteiger partial charge in [-0.05, 0) is 31.7 Å². The number of hydrogen-bond acceptors (Lipinski definition) is 5. The number of benzene rings is 1. The molecular formula is C26H28F4N6O. The van der Waals surface area contributed by atoms with Gasteiger partial charge >= 0.3 is 6.18 Å². The van der Waals surface area contributed by atoms with E-state index in [9.17, 15) is 22.4 Å². The van der Waals surface area contributed by atoms with Gasteiger partial charge in [0.25, 0.3) is 5.91 Å². The predicted octanol–water partition coefficient (Wildman–Crippen LogP) is 4.44. The number of aromatic nitrogens is 3. The number of amides is 1. The minimum atomic E-state index is -4.68. The Morgan fingerprint density at radius 3 is 2.73 bits per heavy atom. The Labute approximate surface area is 211 Å². The fraction of sp³-hybridized carbons (Fsp3) is 0.346. The quantitative estimate of drug-likeness (QED) is 0.454. The average molecular weight is 517 g/mol. The maximum Gasteiger partial charge on any atom is 0.417 e. The van der Waals surface area contributed by atoms with E-state index >= 15 is 0 Å². The zero-order valence-corrected chi connectivity index (χ0v) is 20.5. The summed E-state index contributed by atoms with van der Waals surface area (Å²) in [5, 5.41) is 10.6. The Hall–Kier alpha value is -3.73. The second kappa shape index (κ2) is 10.7. The third kappa shape index (κ3) is 6.16. The summed E-state index contributed by atoms with van der Waals surface area (Å²) in [6, 6.07) is 6.06. The fourth-order valence-corrected chi connectivity index (χ4v) is 4.26. The number of piperidine rings is 1. The van der Waals surface area contributed by atoms with Crippen LogP contribution in [0.1, 0.15) is 28.2 Å². The predicted molar refractivity (Wildman–Crippen MR) is 136 cm³/mol. The number of nitrogens with one attached hydrogen (secondary N) is 2. The molecule has 1 amide bonds. The van der Waals surface area contributed by atoms with Crippen LogP contribution in [0, 0.1) is 0 Å². The summed E-state index contributed by atoms with van der Waals surface area (Å²) in [4.78, 5) is 18.3. The zero-order chi connectivity index (χ0) is 26.7. The zero-order valence-electron chi connectivity index (χ0n) is 20.5. The molecule has 1 fully saturated rings. The van der Waals surface area contributed by atoms with E-state index in [0.717, 1.165) is 0 Å². The van der Waals surface area contributed by atoms with Crippen molar-refractivity contribution in [2.24, 2.45) is 7.05 Å². The van der Waals surface area contributed by atoms with Gasteiger partial charge in [0.1, 0.15) is 6.17 Å². The van der Waals surface area contributed by atoms with Crippen LogP contribution in [-0.4, -0.2) is 70.6 Å². The Morgan fingerprint density at radius 1 is 1.27 bits per heavy atom. The third-order valence-electron chi connectivity index (χ3n) is 6.24. The van der Waals surface area contributed by atoms with E-state index < -0.39 is 24.0 Å². The molecule has 196 valence electrons. The lowest BCUT2D eigenvalue weighted by atomic mass is 9.99. The van der Waals surface area contributed by atoms with Crippen LogP contribution in [0.4, 0.5) is 23.2 Å². The van der Waals surface area contributed by atoms with Gasteiger partial charge in [0, 0.05) is 49.3 Å². The van der Waals surface area contributed by atoms with Crippen LogP contribution in [0.15, 0.2) is 49.3 Å². The minimum absolute atomic E-state index is 0.127. The number of carbonyl (C=O) groups excluding carboxylic acids is 1. The molecule has 0 aliphatic carbocycles. The van der Waals surface area contributed by atoms with Crippen molar-refractivity contribution in [1.29, 1.82) is 0 Å². The van der Waals surface area contributed by atoms with Crippen molar-refractivity contribution in [3.63, 3.8) is 0 Å². The molecule has 0 bridgehead atoms. The highest BCUT2D eigenvalue weighted by Gasteiger charge is 2.35. The standard InChI is InChI=1S/C26H28F4N6O/c1-16(26(28,29)30)24-19-7-4-8-22(34-23-9-11-35(2)15-21(23)27)20(19)12-18(33-24)6-5-10-31-25(37)17-13-32-36(3)14-17/h4-8,12-14,21,23,34H,1,9-11,15H2,2-3H3,(H,31,37)/b6-5+/t21-,23+/m0/s1. The Kier molecular flexibility index (Phi) is 7.63. The van der Waals surface area contributed by atoms with Gasteiger partial charge in [0.2, 0.25) is 0 Å². The first-order chi connectivity index (χ1) is 17.5. The summed E-state index contributed by atoms with van der Waals surface area (Å²) < 4.78 is 57.1. The van der Waals surface area contributed by atoms with Crippen LogP contribution in [-0.2, 0) is 7.05 Å². The molecule has 37 heavy (non-hydrogen) atoms. The Morgan fingerprint density at radius 2 is 2.05 bits per heavy atom. The first-order valence-electron chi connectivity index (χ1n) is 11.8. The lowest BCUT2D eigenvalue weighted by Gasteiger charge is -2.33. The monoisotopic (exact) mass is 516 g/mol. The number of fused-ring (bicyclic) bond motifs is 1. The highest BCUT2D eigenvalue weighted by atomic mass is 19.4. The van der Waals surface area contributed by atoms with Crippen molar-refractivity contribution < 1.29 is 22.4 Å². The van der Waals surface area contributed by atoms with Crippen molar-refractivity contribution in [1.82, 2.24) is 25.0 Å². The number of pyridine rings is 1. The van der Waals surface area contributed by atoms with E-state index in [0.29, 0.717) is 29.6 Å². The summed E-state index contributed by atoms with van der Waals surface area (Å²) in [5.41, 5.74) is -0.213. The molecule has 1 saturated heterocycles. The molecule has 11 heteroatoms. The second-order valence-corrected chi connectivity index (χ2v) is 9.11. The van der Waals surface area contributed by atoms with E-state index in [4.69, 9.17) is 0 Å². The molecule has 0 spiro atoms. The van der Waals surface area contributed by atoms with Gasteiger partial charge in [-0.2, -0.15) is 18.3 Å². The fourth-order valence-electron chi connectivity index (χ4n) is 4.26. The van der Waals surface area contributed by atoms with E-state index in [1.54, 1.807) is 43.6 Å². The Balaban J connectivity index is 1.63. The molecule has 1 aromatic carbocycles. The first kappa shape index (κ1) is 26.3. The largest absolute Gasteiger partial charge is 0.417 e. The number of likely N-dealkylation sites (tertiary alicyclic amines) is 1. The number of rotatable bonds is 7. The number of allylic oxidation sites excluding steroid dienone is 1. The highest BCUT2D eigenvalue weighted by molar-refractivity contribution is 6.01. The summed E-state index contributed by atoms with van der Waals surface area (Å²) in [5.74, 6) is -0.333. The summed E-state index contributed by atoms with van der Waals surface area (Å²) >= 11 is 0. The molecule has 0 unspecified atom stereocenters. The van der Waals surface area contributed by atoms with Crippen LogP contribution < -0.4 is 10.6 Å². The number of halogens is 4. The van der Waals surface area contributed by atoms with Crippen molar-refractivity contribution in [3.8, 4) is 0 Å². The summed E-state index contributed by atoms with van der Waals surface area (Å²) in [6.07, 6.45) is 0.877. The molecular weight excluding hydrogens is 488 g/mol. The molecule has 4 rings (SSSR count). The molecule has 2 atom stereocenters. The van der Waals surface area contributed by atoms with Crippen molar-refractivity contribution in [3.05, 3.63) is 66.3 Å². The molecule has 0 radical (unpaired) electrons. The van der Waals surface area contributed by atoms with Gasteiger partial charge in [0.05, 0.1) is 34.8 Å². The summed E-state index contributed by atoms with van der Waals surface area (Å²) in [6.45, 7) is 4.36. The van der Waals surface area contributed by atoms with Gasteiger partial charge < -0.3 is 15.5 Å². The highest BCUT2D eigenvalue weighted by Crippen LogP contribution is 2.37. The molecule has 3 heterocycles. The smallest absolute Gasteiger partial charge is 0.379 e. The van der Waals surface area contributed by atoms with E-state index in [2.05, 4.69) is 27.3 Å². The van der Waals surface area contributed by atoms with Crippen LogP contribution >= 0.6 is 0 Å². The normalized spacial score (nSPS) is 18.9. The molecule has 1 aliphatic rings. The maximum atomic E-state index is 14.7. The molecule has 0 saturated carbocycles. The lowest BCUT2D eigenvalue weighted by molar-refractivity contribution is -0.0688. The maximum absolute atomic E-state index is 14.7. The topological polar surface area (TPSA) is 75.1 Å². The van der Waals surface area contributed by atoms with E-state index in [1.165, 1.54) is 17.0 Å². The number of hydrogen-bond donors (Lipinski definition) is 2. The SMILES string of the molecule is C=C(c1nc(/C=C/CNC(=O)c2cnn(C)c2)cc2c(N[C@@H]3CCN(C)C[C@@H]3F)cccc12)C(F)(F)F. The Bertz CT molecular complexity index is 1330. The van der Waals surface area contributed by atoms with Gasteiger partial charge in [-0.3, -0.25) is 9.48 Å². The first-order valence-corrected chi connectivity index (χ1v) is 11.8. The van der Waals surface area contributed by atoms with Gasteiger partial charge in [-0.1, -0.05) is 24.8 Å². The van der Waals surface area contributed by atoms with Gasteiger partial charge in [-0.15, -0.1) is 0 Å². The summed E-state index contributed by atoms with van der Waals surface area (Å²) in [7, 11) is 3.54. The van der Waals surface area contributed by atoms with Crippen LogP contribution in [0.5, 0.6) is 0 Å². The number of aryl methyl sites for hydroxylation is 1. The minimum Gasteiger partial charge on any atom is -0.379 e. The van der Waals surface area contributed by atoms with Crippen LogP contribution in [0.3, 0.4) is 0 Å². The van der Waals surface area contributed by atoms with Gasteiger partial charge in [0.15, 0.2) is 0 Å². The third-order valence-corrected chi connectivity index (χ3v) is 6.24. The number of alkyl halides is 4. The average Bonchev–Trinajstić information content (AvgIpc) is 3.28. The van der Waals surface area contributed by atoms with Crippen LogP contribution in [0.25, 0.3) is 22.4 Å². The van der Waals surface area contributed by atoms with Crippen molar-refractivity contribution in [2.75, 3.05) is 32.0 Å². The molecule has 3 aromatic rings. The van der Waals surface area contributed by atoms with E-state index in [-0.39, 0.29) is 35.8 Å². The molecule has 1 aliphatic heterocycles. The lowest BCUT2D eigenvalue weighted by Crippen LogP contribution is -2.46. The van der Waals surface area contributed by atoms with Crippen LogP contribution in [0.2, 0.25) is 0 Å². The van der Waals surface area contributed by atoms with E-state index in [1.807, 2.05) is 11.9 Å². The second-order valence-electron chi connectivity index (χ2n) is 9.11. The number of carbonyl (C=O) groups is 1. The number of anilines is 1. The molecule has 2 N–H and O–H groups in total. The molecule has 7 nitrogen and oxygen atoms in total. The van der Waals surface area contributed by atoms with Crippen molar-refractivity contribution in [2.45, 2.75) is 24.8 Å². The molecule has 2 aromatic heterocycles. The number of nitrogens with zero attached hydrogens (tertiary/aromatic N) is 4.